The van der Waals surface area contributed by atoms with Crippen molar-refractivity contribution < 1.29 is 32.9 Å². The van der Waals surface area contributed by atoms with Crippen LogP contribution >= 0.6 is 7.82 Å². The highest BCUT2D eigenvalue weighted by molar-refractivity contribution is 7.47. The van der Waals surface area contributed by atoms with Gasteiger partial charge in [0.05, 0.1) is 39.9 Å². The van der Waals surface area contributed by atoms with E-state index in [0.29, 0.717) is 17.4 Å². The molecule has 0 aliphatic heterocycles. The molecule has 0 aromatic rings. The topological polar surface area (TPSA) is 105 Å². The molecule has 0 spiro atoms. The molecule has 0 aliphatic rings. The van der Waals surface area contributed by atoms with E-state index in [1.807, 2.05) is 27.2 Å². The summed E-state index contributed by atoms with van der Waals surface area (Å²) in [6.07, 6.45) is 99.9. The Morgan fingerprint density at radius 2 is 0.718 bits per heavy atom. The van der Waals surface area contributed by atoms with Gasteiger partial charge >= 0.3 is 7.82 Å². The minimum absolute atomic E-state index is 0.0476. The lowest BCUT2D eigenvalue weighted by molar-refractivity contribution is -0.870. The van der Waals surface area contributed by atoms with Gasteiger partial charge in [-0.15, -0.1) is 0 Å². The Hall–Kier alpha value is -3.62. The van der Waals surface area contributed by atoms with Crippen LogP contribution in [-0.4, -0.2) is 73.4 Å². The first kappa shape index (κ1) is 81.4. The molecule has 3 unspecified atom stereocenters. The summed E-state index contributed by atoms with van der Waals surface area (Å²) in [5.41, 5.74) is 0. The van der Waals surface area contributed by atoms with Gasteiger partial charge in [0, 0.05) is 6.42 Å². The van der Waals surface area contributed by atoms with Gasteiger partial charge in [0.1, 0.15) is 13.2 Å². The van der Waals surface area contributed by atoms with E-state index < -0.39 is 20.0 Å². The second kappa shape index (κ2) is 64.8. The smallest absolute Gasteiger partial charge is 0.387 e. The second-order valence-corrected chi connectivity index (χ2v) is 25.6. The van der Waals surface area contributed by atoms with Crippen LogP contribution in [0, 0.1) is 0 Å². The van der Waals surface area contributed by atoms with Gasteiger partial charge in [0.2, 0.25) is 5.91 Å². The van der Waals surface area contributed by atoms with Crippen LogP contribution in [0.1, 0.15) is 277 Å². The van der Waals surface area contributed by atoms with Crippen molar-refractivity contribution in [3.05, 3.63) is 146 Å². The Bertz CT molecular complexity index is 1900. The monoisotopic (exact) mass is 1200 g/mol. The highest BCUT2D eigenvalue weighted by atomic mass is 31.2. The third kappa shape index (κ3) is 67.7. The predicted octanol–water partition coefficient (Wildman–Crippen LogP) is 22.4. The molecule has 9 heteroatoms. The number of carbonyl (C=O) groups is 1. The predicted molar refractivity (Wildman–Crippen MR) is 373 cm³/mol. The summed E-state index contributed by atoms with van der Waals surface area (Å²) in [5, 5.41) is 14.0. The molecule has 0 radical (unpaired) electrons. The summed E-state index contributed by atoms with van der Waals surface area (Å²) in [6.45, 7) is 4.68. The zero-order valence-electron chi connectivity index (χ0n) is 55.5. The lowest BCUT2D eigenvalue weighted by atomic mass is 10.0. The normalized spacial score (nSPS) is 14.6. The van der Waals surface area contributed by atoms with Crippen LogP contribution in [0.15, 0.2) is 146 Å². The number of phosphoric acid groups is 1. The summed E-state index contributed by atoms with van der Waals surface area (Å²) in [5.74, 6) is -0.199. The Labute approximate surface area is 525 Å². The van der Waals surface area contributed by atoms with Crippen LogP contribution < -0.4 is 5.32 Å². The average molecular weight is 1200 g/mol. The van der Waals surface area contributed by atoms with Crippen molar-refractivity contribution in [1.29, 1.82) is 0 Å². The molecule has 486 valence electrons. The fourth-order valence-corrected chi connectivity index (χ4v) is 10.2. The Balaban J connectivity index is 4.19. The van der Waals surface area contributed by atoms with Crippen molar-refractivity contribution in [1.82, 2.24) is 5.32 Å². The van der Waals surface area contributed by atoms with Crippen molar-refractivity contribution in [3.63, 3.8) is 0 Å². The van der Waals surface area contributed by atoms with Crippen LogP contribution in [0.5, 0.6) is 0 Å². The highest BCUT2D eigenvalue weighted by Crippen LogP contribution is 2.43. The third-order valence-electron chi connectivity index (χ3n) is 14.8. The summed E-state index contributed by atoms with van der Waals surface area (Å²) < 4.78 is 23.8. The van der Waals surface area contributed by atoms with E-state index in [0.717, 1.165) is 116 Å². The number of carbonyl (C=O) groups excluding carboxylic acids is 1. The molecule has 0 aliphatic carbocycles. The number of unbranched alkanes of at least 4 members (excludes halogenated alkanes) is 27. The van der Waals surface area contributed by atoms with E-state index in [-0.39, 0.29) is 19.1 Å². The van der Waals surface area contributed by atoms with E-state index in [2.05, 4.69) is 153 Å². The Morgan fingerprint density at radius 1 is 0.412 bits per heavy atom. The van der Waals surface area contributed by atoms with Gasteiger partial charge in [0.25, 0.3) is 0 Å². The SMILES string of the molecule is CC/C=C\C/C=C\C/C=C\C/C=C\C/C=C\C/C=C\C/C=C\C/C=C\C/C=C\C/C=C\CCCCCCCCCCC(=O)NC(COP(=O)(O)OCC[N+](C)(C)C)C(O)/C=C/CC/C=C/CCCCCCCCCCCCCCCCCCCC. The summed E-state index contributed by atoms with van der Waals surface area (Å²) >= 11 is 0. The van der Waals surface area contributed by atoms with Gasteiger partial charge in [-0.1, -0.05) is 307 Å². The van der Waals surface area contributed by atoms with E-state index in [1.165, 1.54) is 141 Å². The number of allylic oxidation sites excluding steroid dienone is 23. The van der Waals surface area contributed by atoms with Crippen molar-refractivity contribution in [3.8, 4) is 0 Å². The number of phosphoric ester groups is 1. The van der Waals surface area contributed by atoms with Crippen LogP contribution in [0.3, 0.4) is 0 Å². The molecule has 0 aromatic carbocycles. The maximum atomic E-state index is 13.0. The first-order chi connectivity index (χ1) is 41.5. The second-order valence-electron chi connectivity index (χ2n) is 24.2. The number of aliphatic hydroxyl groups excluding tert-OH is 1. The first-order valence-electron chi connectivity index (χ1n) is 34.7. The fraction of sp³-hybridized carbons (Fsp3) is 0.671. The molecule has 85 heavy (non-hydrogen) atoms. The fourth-order valence-electron chi connectivity index (χ4n) is 9.44. The van der Waals surface area contributed by atoms with E-state index in [9.17, 15) is 19.4 Å². The number of aliphatic hydroxyl groups is 1. The molecule has 3 N–H and O–H groups in total. The summed E-state index contributed by atoms with van der Waals surface area (Å²) in [6, 6.07) is -0.880. The van der Waals surface area contributed by atoms with Gasteiger partial charge in [-0.2, -0.15) is 0 Å². The van der Waals surface area contributed by atoms with E-state index >= 15 is 0 Å². The molecular weight excluding hydrogens is 1070 g/mol. The maximum Gasteiger partial charge on any atom is 0.472 e. The number of nitrogens with one attached hydrogen (secondary N) is 1. The minimum atomic E-state index is -4.37. The molecule has 0 aromatic heterocycles. The van der Waals surface area contributed by atoms with Crippen LogP contribution in [0.2, 0.25) is 0 Å². The van der Waals surface area contributed by atoms with Gasteiger partial charge in [-0.25, -0.2) is 4.57 Å². The van der Waals surface area contributed by atoms with Gasteiger partial charge < -0.3 is 19.8 Å². The largest absolute Gasteiger partial charge is 0.472 e. The average Bonchev–Trinajstić information content (AvgIpc) is 3.49. The van der Waals surface area contributed by atoms with Gasteiger partial charge in [-0.3, -0.25) is 13.8 Å². The number of quaternary nitrogens is 1. The first-order valence-corrected chi connectivity index (χ1v) is 36.2. The molecule has 0 saturated heterocycles. The highest BCUT2D eigenvalue weighted by Gasteiger charge is 2.28. The van der Waals surface area contributed by atoms with Crippen LogP contribution in [0.25, 0.3) is 0 Å². The molecule has 0 saturated carbocycles. The van der Waals surface area contributed by atoms with Gasteiger partial charge in [-0.05, 0) is 109 Å². The number of hydrogen-bond donors (Lipinski definition) is 3. The zero-order valence-corrected chi connectivity index (χ0v) is 56.4. The van der Waals surface area contributed by atoms with E-state index in [4.69, 9.17) is 9.05 Å². The molecule has 8 nitrogen and oxygen atoms in total. The van der Waals surface area contributed by atoms with Crippen molar-refractivity contribution in [2.45, 2.75) is 289 Å². The number of nitrogens with zero attached hydrogens (tertiary/aromatic N) is 1. The zero-order chi connectivity index (χ0) is 61.9. The lowest BCUT2D eigenvalue weighted by Crippen LogP contribution is -2.45. The van der Waals surface area contributed by atoms with Crippen LogP contribution in [-0.2, 0) is 18.4 Å². The number of amides is 1. The number of rotatable bonds is 62. The third-order valence-corrected chi connectivity index (χ3v) is 15.8. The molecule has 0 rings (SSSR count). The molecular formula is C76H132N2O6P+. The lowest BCUT2D eigenvalue weighted by Gasteiger charge is -2.25. The van der Waals surface area contributed by atoms with Crippen molar-refractivity contribution in [2.75, 3.05) is 40.9 Å². The molecule has 3 atom stereocenters. The quantitative estimate of drug-likeness (QED) is 0.0243. The van der Waals surface area contributed by atoms with Crippen molar-refractivity contribution in [2.24, 2.45) is 0 Å². The summed E-state index contributed by atoms with van der Waals surface area (Å²) in [7, 11) is 1.53. The summed E-state index contributed by atoms with van der Waals surface area (Å²) in [4.78, 5) is 23.4. The molecule has 0 bridgehead atoms. The number of likely N-dealkylation sites (N-methyl/N-ethyl adjacent to an activating group) is 1. The number of hydrogen-bond acceptors (Lipinski definition) is 5. The van der Waals surface area contributed by atoms with E-state index in [1.54, 1.807) is 6.08 Å². The Kier molecular flexibility index (Phi) is 62.1. The minimum Gasteiger partial charge on any atom is -0.387 e. The van der Waals surface area contributed by atoms with Crippen LogP contribution in [0.4, 0.5) is 0 Å². The molecule has 1 amide bonds. The van der Waals surface area contributed by atoms with Crippen molar-refractivity contribution >= 4 is 13.7 Å². The molecule has 0 heterocycles. The Morgan fingerprint density at radius 3 is 1.08 bits per heavy atom. The van der Waals surface area contributed by atoms with Gasteiger partial charge in [0.15, 0.2) is 0 Å². The standard InChI is InChI=1S/C76H131N2O6P/c1-6-8-10-12-14-16-18-20-22-24-26-28-30-32-33-34-35-36-37-38-39-40-41-42-43-44-45-46-48-50-52-54-56-58-60-62-64-66-68-70-76(80)77-74(73-84-85(81,82)83-72-71-78(3,4)5)75(79)69-67-65-63-61-59-57-55-53-51-49-47-31-29-27-25-23-21-19-17-15-13-11-9-7-2/h8,10,14,16,20,22,26,28,32-33,35-36,38-39,41-42,44-45,48,50,59,61,67,69,74-75,79H,6-7,9,11-13,15,17-19,21,23-25,27,29-31,34,37,40,43,46-47,49,51-58,60,62-66,68,70-73H2,1-5H3,(H-,77,80,81,82)/p+1/b10-8-,16-14-,22-20-,28-26-,33-32-,36-35-,39-38-,42-41-,45-44-,50-48-,61-59+,69-67+. The maximum absolute atomic E-state index is 13.0. The molecule has 0 fully saturated rings.